The van der Waals surface area contributed by atoms with Gasteiger partial charge in [0.15, 0.2) is 4.77 Å². The summed E-state index contributed by atoms with van der Waals surface area (Å²) < 4.78 is 3.03. The Bertz CT molecular complexity index is 804. The lowest BCUT2D eigenvalue weighted by molar-refractivity contribution is 0.544. The standard InChI is InChI=1S/C15H17N3S2/c1-10(7-8-20-2)18-14-11-5-3-4-6-12(11)16-9-13(14)17-15(18)19/h3-6,9-10H,7-8H2,1-2H3,(H,17,19). The maximum Gasteiger partial charge on any atom is 0.178 e. The van der Waals surface area contributed by atoms with Crippen LogP contribution in [0.2, 0.25) is 0 Å². The van der Waals surface area contributed by atoms with Gasteiger partial charge in [0, 0.05) is 11.4 Å². The van der Waals surface area contributed by atoms with E-state index in [1.165, 1.54) is 5.52 Å². The molecule has 2 heterocycles. The Labute approximate surface area is 127 Å². The van der Waals surface area contributed by atoms with Crippen LogP contribution in [0.4, 0.5) is 0 Å². The first-order valence-corrected chi connectivity index (χ1v) is 8.49. The first-order valence-electron chi connectivity index (χ1n) is 6.69. The number of hydrogen-bond acceptors (Lipinski definition) is 3. The zero-order chi connectivity index (χ0) is 14.1. The number of nitrogens with one attached hydrogen (secondary N) is 1. The van der Waals surface area contributed by atoms with Crippen molar-refractivity contribution in [1.82, 2.24) is 14.5 Å². The monoisotopic (exact) mass is 303 g/mol. The molecule has 1 aromatic carbocycles. The van der Waals surface area contributed by atoms with Crippen molar-refractivity contribution in [3.8, 4) is 0 Å². The van der Waals surface area contributed by atoms with Gasteiger partial charge in [0.1, 0.15) is 0 Å². The van der Waals surface area contributed by atoms with Crippen molar-refractivity contribution in [2.45, 2.75) is 19.4 Å². The topological polar surface area (TPSA) is 33.6 Å². The molecule has 0 radical (unpaired) electrons. The summed E-state index contributed by atoms with van der Waals surface area (Å²) in [6.45, 7) is 2.23. The van der Waals surface area contributed by atoms with Crippen LogP contribution in [0.25, 0.3) is 21.9 Å². The molecule has 5 heteroatoms. The van der Waals surface area contributed by atoms with E-state index in [9.17, 15) is 0 Å². The Morgan fingerprint density at radius 1 is 1.40 bits per heavy atom. The normalized spacial score (nSPS) is 13.1. The number of nitrogens with zero attached hydrogens (tertiary/aromatic N) is 2. The largest absolute Gasteiger partial charge is 0.329 e. The quantitative estimate of drug-likeness (QED) is 0.717. The fourth-order valence-corrected chi connectivity index (χ4v) is 3.55. The molecule has 0 spiro atoms. The van der Waals surface area contributed by atoms with Gasteiger partial charge in [0.05, 0.1) is 22.7 Å². The molecule has 0 amide bonds. The second-order valence-electron chi connectivity index (χ2n) is 4.97. The summed E-state index contributed by atoms with van der Waals surface area (Å²) in [7, 11) is 0. The van der Waals surface area contributed by atoms with Crippen LogP contribution >= 0.6 is 24.0 Å². The van der Waals surface area contributed by atoms with Crippen LogP contribution in [0.5, 0.6) is 0 Å². The van der Waals surface area contributed by atoms with Crippen LogP contribution in [0.3, 0.4) is 0 Å². The number of imidazole rings is 1. The van der Waals surface area contributed by atoms with Crippen molar-refractivity contribution >= 4 is 45.9 Å². The van der Waals surface area contributed by atoms with Crippen LogP contribution in [0, 0.1) is 4.77 Å². The lowest BCUT2D eigenvalue weighted by Crippen LogP contribution is -2.06. The number of H-pyrrole nitrogens is 1. The summed E-state index contributed by atoms with van der Waals surface area (Å²) in [5.41, 5.74) is 3.21. The van der Waals surface area contributed by atoms with E-state index < -0.39 is 0 Å². The van der Waals surface area contributed by atoms with Crippen LogP contribution in [0.15, 0.2) is 30.5 Å². The number of aromatic amines is 1. The van der Waals surface area contributed by atoms with Crippen molar-refractivity contribution in [2.24, 2.45) is 0 Å². The van der Waals surface area contributed by atoms with Gasteiger partial charge < -0.3 is 9.55 Å². The molecule has 3 nitrogen and oxygen atoms in total. The highest BCUT2D eigenvalue weighted by Crippen LogP contribution is 2.27. The third kappa shape index (κ3) is 2.25. The van der Waals surface area contributed by atoms with Crippen LogP contribution in [-0.2, 0) is 0 Å². The molecule has 20 heavy (non-hydrogen) atoms. The van der Waals surface area contributed by atoms with Crippen LogP contribution < -0.4 is 0 Å². The van der Waals surface area contributed by atoms with Gasteiger partial charge in [-0.3, -0.25) is 4.98 Å². The molecule has 1 atom stereocenters. The van der Waals surface area contributed by atoms with E-state index in [1.54, 1.807) is 0 Å². The number of benzene rings is 1. The molecule has 1 N–H and O–H groups in total. The van der Waals surface area contributed by atoms with Crippen molar-refractivity contribution in [3.63, 3.8) is 0 Å². The predicted molar refractivity (Wildman–Crippen MR) is 90.1 cm³/mol. The lowest BCUT2D eigenvalue weighted by Gasteiger charge is -2.14. The zero-order valence-electron chi connectivity index (χ0n) is 11.6. The maximum atomic E-state index is 5.52. The minimum atomic E-state index is 0.384. The van der Waals surface area contributed by atoms with Gasteiger partial charge in [0.2, 0.25) is 0 Å². The molecular weight excluding hydrogens is 286 g/mol. The molecule has 1 unspecified atom stereocenters. The Morgan fingerprint density at radius 3 is 3.00 bits per heavy atom. The molecule has 0 aliphatic rings. The first-order chi connectivity index (χ1) is 9.72. The summed E-state index contributed by atoms with van der Waals surface area (Å²) in [6.07, 6.45) is 5.13. The van der Waals surface area contributed by atoms with E-state index in [0.29, 0.717) is 6.04 Å². The summed E-state index contributed by atoms with van der Waals surface area (Å²) in [6, 6.07) is 8.61. The van der Waals surface area contributed by atoms with E-state index in [2.05, 4.69) is 39.8 Å². The molecule has 104 valence electrons. The highest BCUT2D eigenvalue weighted by atomic mass is 32.2. The summed E-state index contributed by atoms with van der Waals surface area (Å²) >= 11 is 7.39. The minimum absolute atomic E-state index is 0.384. The molecule has 0 saturated carbocycles. The van der Waals surface area contributed by atoms with E-state index in [1.807, 2.05) is 30.1 Å². The highest BCUT2D eigenvalue weighted by molar-refractivity contribution is 7.98. The number of para-hydroxylation sites is 1. The first kappa shape index (κ1) is 13.6. The zero-order valence-corrected chi connectivity index (χ0v) is 13.2. The Morgan fingerprint density at radius 2 is 2.20 bits per heavy atom. The van der Waals surface area contributed by atoms with Gasteiger partial charge in [-0.15, -0.1) is 0 Å². The molecule has 0 bridgehead atoms. The minimum Gasteiger partial charge on any atom is -0.329 e. The molecule has 2 aromatic heterocycles. The van der Waals surface area contributed by atoms with Crippen LogP contribution in [0.1, 0.15) is 19.4 Å². The number of pyridine rings is 1. The molecule has 0 aliphatic heterocycles. The number of aromatic nitrogens is 3. The summed E-state index contributed by atoms with van der Waals surface area (Å²) in [4.78, 5) is 7.78. The smallest absolute Gasteiger partial charge is 0.178 e. The van der Waals surface area contributed by atoms with Gasteiger partial charge in [-0.25, -0.2) is 0 Å². The van der Waals surface area contributed by atoms with Crippen molar-refractivity contribution in [2.75, 3.05) is 12.0 Å². The number of thioether (sulfide) groups is 1. The van der Waals surface area contributed by atoms with Gasteiger partial charge >= 0.3 is 0 Å². The fourth-order valence-electron chi connectivity index (χ4n) is 2.59. The molecular formula is C15H17N3S2. The van der Waals surface area contributed by atoms with E-state index in [0.717, 1.165) is 33.4 Å². The molecule has 0 fully saturated rings. The molecule has 3 aromatic rings. The van der Waals surface area contributed by atoms with Crippen molar-refractivity contribution < 1.29 is 0 Å². The summed E-state index contributed by atoms with van der Waals surface area (Å²) in [5, 5.41) is 1.16. The average molecular weight is 303 g/mol. The van der Waals surface area contributed by atoms with Crippen molar-refractivity contribution in [3.05, 3.63) is 35.2 Å². The van der Waals surface area contributed by atoms with E-state index >= 15 is 0 Å². The third-order valence-corrected chi connectivity index (χ3v) is 4.57. The van der Waals surface area contributed by atoms with E-state index in [4.69, 9.17) is 12.2 Å². The molecule has 0 aliphatic carbocycles. The van der Waals surface area contributed by atoms with Crippen molar-refractivity contribution in [1.29, 1.82) is 0 Å². The SMILES string of the molecule is CSCCC(C)n1c(=S)[nH]c2cnc3ccccc3c21. The summed E-state index contributed by atoms with van der Waals surface area (Å²) in [5.74, 6) is 1.14. The molecule has 3 rings (SSSR count). The Balaban J connectivity index is 2.27. The molecule has 0 saturated heterocycles. The number of hydrogen-bond donors (Lipinski definition) is 1. The second kappa shape index (κ2) is 5.58. The lowest BCUT2D eigenvalue weighted by atomic mass is 10.1. The van der Waals surface area contributed by atoms with Gasteiger partial charge in [-0.05, 0) is 43.6 Å². The van der Waals surface area contributed by atoms with E-state index in [-0.39, 0.29) is 0 Å². The van der Waals surface area contributed by atoms with Gasteiger partial charge in [-0.2, -0.15) is 11.8 Å². The Kier molecular flexibility index (Phi) is 3.81. The number of fused-ring (bicyclic) bond motifs is 3. The van der Waals surface area contributed by atoms with Gasteiger partial charge in [-0.1, -0.05) is 18.2 Å². The number of rotatable bonds is 4. The average Bonchev–Trinajstić information content (AvgIpc) is 2.81. The predicted octanol–water partition coefficient (Wildman–Crippen LogP) is 4.56. The third-order valence-electron chi connectivity index (χ3n) is 3.63. The van der Waals surface area contributed by atoms with Crippen LogP contribution in [-0.4, -0.2) is 26.5 Å². The maximum absolute atomic E-state index is 5.52. The highest BCUT2D eigenvalue weighted by Gasteiger charge is 2.13. The fraction of sp³-hybridized carbons (Fsp3) is 0.333. The van der Waals surface area contributed by atoms with Gasteiger partial charge in [0.25, 0.3) is 0 Å². The second-order valence-corrected chi connectivity index (χ2v) is 6.34. The Hall–Kier alpha value is -1.33.